The first-order valence-corrected chi connectivity index (χ1v) is 10.3. The largest absolute Gasteiger partial charge is 0.326 e. The average molecular weight is 384 g/mol. The molecule has 27 heavy (non-hydrogen) atoms. The number of nitrogens with zero attached hydrogens (tertiary/aromatic N) is 1. The minimum Gasteiger partial charge on any atom is -0.326 e. The summed E-state index contributed by atoms with van der Waals surface area (Å²) < 4.78 is 13.6. The van der Waals surface area contributed by atoms with Gasteiger partial charge in [-0.15, -0.1) is 11.8 Å². The molecule has 0 bridgehead atoms. The molecule has 1 aliphatic heterocycles. The van der Waals surface area contributed by atoms with Crippen LogP contribution in [-0.2, 0) is 9.59 Å². The number of hydrogen-bond acceptors (Lipinski definition) is 3. The monoisotopic (exact) mass is 384 g/mol. The Balaban J connectivity index is 1.50. The first-order chi connectivity index (χ1) is 13.1. The lowest BCUT2D eigenvalue weighted by molar-refractivity contribution is -0.119. The number of carbonyl (C=O) groups excluding carboxylic acids is 2. The van der Waals surface area contributed by atoms with Gasteiger partial charge in [0.25, 0.3) is 0 Å². The lowest BCUT2D eigenvalue weighted by Crippen LogP contribution is -2.27. The molecule has 4 rings (SSSR count). The minimum absolute atomic E-state index is 0.0331. The normalized spacial score (nSPS) is 20.3. The Kier molecular flexibility index (Phi) is 5.16. The number of carbonyl (C=O) groups is 2. The van der Waals surface area contributed by atoms with E-state index >= 15 is 0 Å². The summed E-state index contributed by atoms with van der Waals surface area (Å²) in [6, 6.07) is 13.7. The average Bonchev–Trinajstić information content (AvgIpc) is 3.32. The van der Waals surface area contributed by atoms with Crippen LogP contribution in [0.15, 0.2) is 48.5 Å². The van der Waals surface area contributed by atoms with Crippen molar-refractivity contribution in [1.29, 1.82) is 0 Å². The highest BCUT2D eigenvalue weighted by molar-refractivity contribution is 8.00. The van der Waals surface area contributed by atoms with E-state index in [1.165, 1.54) is 23.9 Å². The first-order valence-electron chi connectivity index (χ1n) is 9.22. The molecule has 4 nitrogen and oxygen atoms in total. The van der Waals surface area contributed by atoms with Crippen LogP contribution in [0.5, 0.6) is 0 Å². The number of anilines is 2. The van der Waals surface area contributed by atoms with E-state index in [1.54, 1.807) is 17.0 Å². The third-order valence-electron chi connectivity index (χ3n) is 5.14. The summed E-state index contributed by atoms with van der Waals surface area (Å²) >= 11 is 1.52. The second-order valence-corrected chi connectivity index (χ2v) is 8.07. The van der Waals surface area contributed by atoms with Gasteiger partial charge in [0.05, 0.1) is 5.75 Å². The molecule has 1 N–H and O–H groups in total. The van der Waals surface area contributed by atoms with Gasteiger partial charge >= 0.3 is 0 Å². The van der Waals surface area contributed by atoms with Gasteiger partial charge in [-0.2, -0.15) is 0 Å². The van der Waals surface area contributed by atoms with Gasteiger partial charge in [-0.25, -0.2) is 4.39 Å². The number of thioether (sulfide) groups is 1. The van der Waals surface area contributed by atoms with E-state index in [0.717, 1.165) is 36.9 Å². The summed E-state index contributed by atoms with van der Waals surface area (Å²) in [6.07, 6.45) is 4.18. The highest BCUT2D eigenvalue weighted by Crippen LogP contribution is 2.42. The van der Waals surface area contributed by atoms with Crippen LogP contribution in [0, 0.1) is 11.7 Å². The molecule has 0 radical (unpaired) electrons. The van der Waals surface area contributed by atoms with Crippen molar-refractivity contribution in [2.24, 2.45) is 5.92 Å². The molecule has 140 valence electrons. The molecule has 1 atom stereocenters. The van der Waals surface area contributed by atoms with Crippen molar-refractivity contribution >= 4 is 35.0 Å². The Morgan fingerprint density at radius 3 is 2.56 bits per heavy atom. The zero-order valence-electron chi connectivity index (χ0n) is 14.9. The van der Waals surface area contributed by atoms with Crippen molar-refractivity contribution in [2.45, 2.75) is 31.1 Å². The van der Waals surface area contributed by atoms with Crippen LogP contribution in [0.3, 0.4) is 0 Å². The number of amides is 2. The maximum absolute atomic E-state index is 13.6. The van der Waals surface area contributed by atoms with Crippen LogP contribution in [0.1, 0.15) is 36.6 Å². The molecule has 2 aliphatic rings. The van der Waals surface area contributed by atoms with Gasteiger partial charge in [-0.3, -0.25) is 14.5 Å². The number of nitrogens with one attached hydrogen (secondary N) is 1. The van der Waals surface area contributed by atoms with Crippen LogP contribution in [-0.4, -0.2) is 17.6 Å². The molecule has 2 amide bonds. The first kappa shape index (κ1) is 18.0. The quantitative estimate of drug-likeness (QED) is 0.829. The van der Waals surface area contributed by atoms with Crippen molar-refractivity contribution in [1.82, 2.24) is 0 Å². The molecular formula is C21H21FN2O2S. The smallest absolute Gasteiger partial charge is 0.238 e. The zero-order chi connectivity index (χ0) is 18.8. The van der Waals surface area contributed by atoms with Crippen LogP contribution >= 0.6 is 11.8 Å². The summed E-state index contributed by atoms with van der Waals surface area (Å²) in [5.74, 6) is 0.180. The summed E-state index contributed by atoms with van der Waals surface area (Å²) in [5.41, 5.74) is 2.28. The van der Waals surface area contributed by atoms with Gasteiger partial charge in [0.2, 0.25) is 11.8 Å². The van der Waals surface area contributed by atoms with Crippen molar-refractivity contribution in [3.05, 3.63) is 59.9 Å². The summed E-state index contributed by atoms with van der Waals surface area (Å²) in [5, 5.41) is 2.79. The van der Waals surface area contributed by atoms with Crippen LogP contribution in [0.25, 0.3) is 0 Å². The molecule has 1 heterocycles. The molecule has 0 aromatic heterocycles. The van der Waals surface area contributed by atoms with Crippen LogP contribution < -0.4 is 10.2 Å². The summed E-state index contributed by atoms with van der Waals surface area (Å²) in [4.78, 5) is 26.3. The molecular weight excluding hydrogens is 363 g/mol. The fourth-order valence-corrected chi connectivity index (χ4v) is 4.92. The number of hydrogen-bond donors (Lipinski definition) is 1. The summed E-state index contributed by atoms with van der Waals surface area (Å²) in [7, 11) is 0. The van der Waals surface area contributed by atoms with Crippen LogP contribution in [0.2, 0.25) is 0 Å². The van der Waals surface area contributed by atoms with Gasteiger partial charge < -0.3 is 5.32 Å². The highest BCUT2D eigenvalue weighted by Gasteiger charge is 2.34. The van der Waals surface area contributed by atoms with E-state index in [1.807, 2.05) is 24.3 Å². The molecule has 1 unspecified atom stereocenters. The molecule has 1 saturated carbocycles. The van der Waals surface area contributed by atoms with Crippen molar-refractivity contribution in [2.75, 3.05) is 16.0 Å². The lowest BCUT2D eigenvalue weighted by atomic mass is 10.1. The maximum atomic E-state index is 13.6. The van der Waals surface area contributed by atoms with Crippen molar-refractivity contribution < 1.29 is 14.0 Å². The molecule has 1 saturated heterocycles. The molecule has 2 aromatic rings. The fourth-order valence-electron chi connectivity index (χ4n) is 3.74. The predicted octanol–water partition coefficient (Wildman–Crippen LogP) is 4.73. The molecule has 2 aromatic carbocycles. The summed E-state index contributed by atoms with van der Waals surface area (Å²) in [6.45, 7) is 0. The fraction of sp³-hybridized carbons (Fsp3) is 0.333. The molecule has 1 aliphatic carbocycles. The van der Waals surface area contributed by atoms with Gasteiger partial charge in [0, 0.05) is 17.3 Å². The number of halogens is 1. The van der Waals surface area contributed by atoms with E-state index in [0.29, 0.717) is 11.4 Å². The Morgan fingerprint density at radius 1 is 1.11 bits per heavy atom. The molecule has 0 spiro atoms. The third-order valence-corrected chi connectivity index (χ3v) is 6.36. The Hall–Kier alpha value is -2.34. The lowest BCUT2D eigenvalue weighted by Gasteiger charge is -2.24. The van der Waals surface area contributed by atoms with E-state index in [4.69, 9.17) is 0 Å². The Bertz CT molecular complexity index is 850. The van der Waals surface area contributed by atoms with Crippen molar-refractivity contribution in [3.8, 4) is 0 Å². The SMILES string of the molecule is O=C(Nc1ccc(C2SCC(=O)N2c2cccc(F)c2)cc1)C1CCCC1. The van der Waals surface area contributed by atoms with E-state index < -0.39 is 0 Å². The van der Waals surface area contributed by atoms with Crippen molar-refractivity contribution in [3.63, 3.8) is 0 Å². The Morgan fingerprint density at radius 2 is 1.85 bits per heavy atom. The third kappa shape index (κ3) is 3.86. The standard InChI is InChI=1S/C21H21FN2O2S/c22-16-6-3-7-18(12-16)24-19(25)13-27-21(24)15-8-10-17(11-9-15)23-20(26)14-4-1-2-5-14/h3,6-12,14,21H,1-2,4-5,13H2,(H,23,26). The second kappa shape index (κ2) is 7.72. The highest BCUT2D eigenvalue weighted by atomic mass is 32.2. The van der Waals surface area contributed by atoms with Gasteiger partial charge in [-0.1, -0.05) is 31.0 Å². The molecule has 2 fully saturated rings. The minimum atomic E-state index is -0.360. The molecule has 6 heteroatoms. The van der Waals surface area contributed by atoms with E-state index in [2.05, 4.69) is 5.32 Å². The van der Waals surface area contributed by atoms with Gasteiger partial charge in [0.1, 0.15) is 11.2 Å². The van der Waals surface area contributed by atoms with Crippen LogP contribution in [0.4, 0.5) is 15.8 Å². The van der Waals surface area contributed by atoms with E-state index in [9.17, 15) is 14.0 Å². The van der Waals surface area contributed by atoms with Gasteiger partial charge in [0.15, 0.2) is 0 Å². The zero-order valence-corrected chi connectivity index (χ0v) is 15.7. The number of benzene rings is 2. The maximum Gasteiger partial charge on any atom is 0.238 e. The number of rotatable bonds is 4. The Labute approximate surface area is 162 Å². The topological polar surface area (TPSA) is 49.4 Å². The van der Waals surface area contributed by atoms with E-state index in [-0.39, 0.29) is 28.9 Å². The predicted molar refractivity (Wildman–Crippen MR) is 106 cm³/mol. The van der Waals surface area contributed by atoms with Gasteiger partial charge in [-0.05, 0) is 48.7 Å². The second-order valence-electron chi connectivity index (χ2n) is 7.00.